The number of nitrogens with one attached hydrogen (secondary N) is 1. The second kappa shape index (κ2) is 7.87. The fourth-order valence-electron chi connectivity index (χ4n) is 2.59. The van der Waals surface area contributed by atoms with Crippen LogP contribution in [0.5, 0.6) is 0 Å². The van der Waals surface area contributed by atoms with Crippen LogP contribution in [0.2, 0.25) is 0 Å². The first-order valence-electron chi connectivity index (χ1n) is 7.95. The summed E-state index contributed by atoms with van der Waals surface area (Å²) in [5, 5.41) is 7.01. The lowest BCUT2D eigenvalue weighted by Gasteiger charge is -2.34. The number of aromatic nitrogens is 1. The molecule has 24 heavy (non-hydrogen) atoms. The van der Waals surface area contributed by atoms with Crippen LogP contribution in [-0.4, -0.2) is 59.3 Å². The van der Waals surface area contributed by atoms with E-state index in [1.165, 1.54) is 22.7 Å². The maximum absolute atomic E-state index is 12.4. The molecule has 1 N–H and O–H groups in total. The van der Waals surface area contributed by atoms with E-state index in [1.54, 1.807) is 6.07 Å². The zero-order valence-electron chi connectivity index (χ0n) is 13.5. The summed E-state index contributed by atoms with van der Waals surface area (Å²) < 4.78 is 0. The number of thiophene rings is 1. The summed E-state index contributed by atoms with van der Waals surface area (Å²) in [4.78, 5) is 33.6. The summed E-state index contributed by atoms with van der Waals surface area (Å²) in [5.74, 6) is -0.0555. The number of piperazine rings is 1. The molecule has 8 heteroatoms. The molecule has 6 nitrogen and oxygen atoms in total. The van der Waals surface area contributed by atoms with Crippen LogP contribution in [0.1, 0.15) is 22.3 Å². The molecule has 0 spiro atoms. The highest BCUT2D eigenvalue weighted by Gasteiger charge is 2.21. The normalized spacial score (nSPS) is 15.5. The Labute approximate surface area is 149 Å². The number of carbonyl (C=O) groups excluding carboxylic acids is 2. The number of hydrogen-bond acceptors (Lipinski definition) is 6. The maximum Gasteiger partial charge on any atom is 0.267 e. The Kier molecular flexibility index (Phi) is 5.60. The van der Waals surface area contributed by atoms with Crippen LogP contribution >= 0.6 is 22.7 Å². The maximum atomic E-state index is 12.4. The molecule has 0 aromatic carbocycles. The Morgan fingerprint density at radius 1 is 1.25 bits per heavy atom. The first-order chi connectivity index (χ1) is 11.7. The molecule has 1 aliphatic rings. The number of nitrogens with zero attached hydrogens (tertiary/aromatic N) is 3. The van der Waals surface area contributed by atoms with Crippen molar-refractivity contribution in [2.24, 2.45) is 0 Å². The van der Waals surface area contributed by atoms with Gasteiger partial charge in [0.15, 0.2) is 5.13 Å². The Hall–Kier alpha value is -1.77. The van der Waals surface area contributed by atoms with Gasteiger partial charge in [-0.05, 0) is 18.0 Å². The first kappa shape index (κ1) is 17.1. The standard InChI is InChI=1S/C16H20N4O2S2/c1-2-19-5-7-20(8-6-19)14(21)10-12-11-24-16(17-12)18-15(22)13-4-3-9-23-13/h3-4,9,11H,2,5-8,10H2,1H3,(H,17,18,22). The summed E-state index contributed by atoms with van der Waals surface area (Å²) in [7, 11) is 0. The van der Waals surface area contributed by atoms with Crippen LogP contribution in [0.25, 0.3) is 0 Å². The van der Waals surface area contributed by atoms with Gasteiger partial charge in [-0.3, -0.25) is 14.9 Å². The predicted octanol–water partition coefficient (Wildman–Crippen LogP) is 2.16. The Morgan fingerprint density at radius 2 is 2.04 bits per heavy atom. The van der Waals surface area contributed by atoms with Crippen LogP contribution in [-0.2, 0) is 11.2 Å². The van der Waals surface area contributed by atoms with E-state index in [9.17, 15) is 9.59 Å². The van der Waals surface area contributed by atoms with Gasteiger partial charge >= 0.3 is 0 Å². The fraction of sp³-hybridized carbons (Fsp3) is 0.438. The number of hydrogen-bond donors (Lipinski definition) is 1. The van der Waals surface area contributed by atoms with E-state index in [1.807, 2.05) is 21.7 Å². The smallest absolute Gasteiger partial charge is 0.267 e. The number of carbonyl (C=O) groups is 2. The zero-order chi connectivity index (χ0) is 16.9. The lowest BCUT2D eigenvalue weighted by molar-refractivity contribution is -0.132. The summed E-state index contributed by atoms with van der Waals surface area (Å²) in [6.45, 7) is 6.58. The Morgan fingerprint density at radius 3 is 2.71 bits per heavy atom. The van der Waals surface area contributed by atoms with E-state index >= 15 is 0 Å². The van der Waals surface area contributed by atoms with Crippen molar-refractivity contribution in [2.45, 2.75) is 13.3 Å². The highest BCUT2D eigenvalue weighted by atomic mass is 32.1. The largest absolute Gasteiger partial charge is 0.340 e. The molecule has 0 bridgehead atoms. The monoisotopic (exact) mass is 364 g/mol. The lowest BCUT2D eigenvalue weighted by atomic mass is 10.2. The van der Waals surface area contributed by atoms with E-state index < -0.39 is 0 Å². The van der Waals surface area contributed by atoms with Gasteiger partial charge in [0.1, 0.15) is 0 Å². The molecule has 0 aliphatic carbocycles. The minimum absolute atomic E-state index is 0.104. The third-order valence-corrected chi connectivity index (χ3v) is 5.70. The van der Waals surface area contributed by atoms with Crippen molar-refractivity contribution in [3.05, 3.63) is 33.5 Å². The predicted molar refractivity (Wildman–Crippen MR) is 96.8 cm³/mol. The summed E-state index contributed by atoms with van der Waals surface area (Å²) >= 11 is 2.74. The SMILES string of the molecule is CCN1CCN(C(=O)Cc2csc(NC(=O)c3cccs3)n2)CC1. The van der Waals surface area contributed by atoms with E-state index in [0.717, 1.165) is 32.7 Å². The minimum Gasteiger partial charge on any atom is -0.340 e. The van der Waals surface area contributed by atoms with Gasteiger partial charge < -0.3 is 9.80 Å². The number of likely N-dealkylation sites (N-methyl/N-ethyl adjacent to an activating group) is 1. The highest BCUT2D eigenvalue weighted by molar-refractivity contribution is 7.14. The van der Waals surface area contributed by atoms with Gasteiger partial charge in [-0.15, -0.1) is 22.7 Å². The molecular weight excluding hydrogens is 344 g/mol. The molecule has 2 aromatic rings. The average molecular weight is 364 g/mol. The van der Waals surface area contributed by atoms with Crippen LogP contribution in [0.3, 0.4) is 0 Å². The van der Waals surface area contributed by atoms with Gasteiger partial charge in [-0.1, -0.05) is 13.0 Å². The van der Waals surface area contributed by atoms with Gasteiger partial charge in [-0.25, -0.2) is 4.98 Å². The molecule has 1 fully saturated rings. The number of amides is 2. The zero-order valence-corrected chi connectivity index (χ0v) is 15.2. The van der Waals surface area contributed by atoms with Crippen molar-refractivity contribution in [3.63, 3.8) is 0 Å². The third-order valence-electron chi connectivity index (χ3n) is 4.02. The fourth-order valence-corrected chi connectivity index (χ4v) is 3.92. The number of anilines is 1. The molecule has 1 saturated heterocycles. The van der Waals surface area contributed by atoms with Crippen molar-refractivity contribution in [1.82, 2.24) is 14.8 Å². The second-order valence-corrected chi connectivity index (χ2v) is 7.37. The van der Waals surface area contributed by atoms with E-state index in [4.69, 9.17) is 0 Å². The van der Waals surface area contributed by atoms with Crippen molar-refractivity contribution in [3.8, 4) is 0 Å². The molecule has 0 atom stereocenters. The molecule has 3 rings (SSSR count). The van der Waals surface area contributed by atoms with E-state index in [0.29, 0.717) is 15.7 Å². The van der Waals surface area contributed by atoms with Crippen LogP contribution in [0.15, 0.2) is 22.9 Å². The van der Waals surface area contributed by atoms with Crippen molar-refractivity contribution < 1.29 is 9.59 Å². The molecule has 128 valence electrons. The van der Waals surface area contributed by atoms with Gasteiger partial charge in [0.25, 0.3) is 5.91 Å². The van der Waals surface area contributed by atoms with Gasteiger partial charge in [-0.2, -0.15) is 0 Å². The molecule has 0 radical (unpaired) electrons. The van der Waals surface area contributed by atoms with Crippen LogP contribution in [0.4, 0.5) is 5.13 Å². The highest BCUT2D eigenvalue weighted by Crippen LogP contribution is 2.19. The molecular formula is C16H20N4O2S2. The molecule has 1 aliphatic heterocycles. The average Bonchev–Trinajstić information content (AvgIpc) is 3.27. The van der Waals surface area contributed by atoms with Crippen molar-refractivity contribution in [1.29, 1.82) is 0 Å². The number of rotatable bonds is 5. The quantitative estimate of drug-likeness (QED) is 0.883. The van der Waals surface area contributed by atoms with Gasteiger partial charge in [0.2, 0.25) is 5.91 Å². The first-order valence-corrected chi connectivity index (χ1v) is 9.71. The summed E-state index contributed by atoms with van der Waals surface area (Å²) in [5.41, 5.74) is 0.712. The Balaban J connectivity index is 1.52. The van der Waals surface area contributed by atoms with Crippen LogP contribution < -0.4 is 5.32 Å². The van der Waals surface area contributed by atoms with E-state index in [2.05, 4.69) is 22.1 Å². The summed E-state index contributed by atoms with van der Waals surface area (Å²) in [6, 6.07) is 3.61. The van der Waals surface area contributed by atoms with Crippen molar-refractivity contribution >= 4 is 39.6 Å². The van der Waals surface area contributed by atoms with Gasteiger partial charge in [0, 0.05) is 31.6 Å². The third kappa shape index (κ3) is 4.19. The van der Waals surface area contributed by atoms with Crippen molar-refractivity contribution in [2.75, 3.05) is 38.0 Å². The molecule has 2 aromatic heterocycles. The lowest BCUT2D eigenvalue weighted by Crippen LogP contribution is -2.48. The molecule has 0 saturated carbocycles. The molecule has 3 heterocycles. The van der Waals surface area contributed by atoms with Crippen LogP contribution in [0, 0.1) is 0 Å². The Bertz CT molecular complexity index is 691. The molecule has 2 amide bonds. The number of thiazole rings is 1. The topological polar surface area (TPSA) is 65.5 Å². The molecule has 0 unspecified atom stereocenters. The van der Waals surface area contributed by atoms with Gasteiger partial charge in [0.05, 0.1) is 17.0 Å². The van der Waals surface area contributed by atoms with E-state index in [-0.39, 0.29) is 18.2 Å². The minimum atomic E-state index is -0.159. The second-order valence-electron chi connectivity index (χ2n) is 5.57. The summed E-state index contributed by atoms with van der Waals surface area (Å²) in [6.07, 6.45) is 0.289.